The van der Waals surface area contributed by atoms with Crippen molar-refractivity contribution in [3.05, 3.63) is 108 Å². The second-order valence-electron chi connectivity index (χ2n) is 8.37. The molecule has 0 aliphatic heterocycles. The van der Waals surface area contributed by atoms with Crippen LogP contribution in [0.25, 0.3) is 0 Å². The number of nitrogens with one attached hydrogen (secondary N) is 2. The summed E-state index contributed by atoms with van der Waals surface area (Å²) in [7, 11) is 0. The SMILES string of the molecule is Cc1ccccc1OCC(=O)Nc1cc(NC(=O)COc2ccccc2C)cc(Oc2ccccc2)c1. The molecule has 37 heavy (non-hydrogen) atoms. The average molecular weight is 497 g/mol. The van der Waals surface area contributed by atoms with Gasteiger partial charge in [-0.15, -0.1) is 0 Å². The zero-order valence-corrected chi connectivity index (χ0v) is 20.7. The number of ether oxygens (including phenoxy) is 3. The fraction of sp³-hybridized carbons (Fsp3) is 0.133. The molecular weight excluding hydrogens is 468 g/mol. The molecule has 0 aliphatic carbocycles. The van der Waals surface area contributed by atoms with E-state index in [1.54, 1.807) is 18.2 Å². The molecule has 0 heterocycles. The van der Waals surface area contributed by atoms with Crippen molar-refractivity contribution in [2.45, 2.75) is 13.8 Å². The van der Waals surface area contributed by atoms with Gasteiger partial charge in [-0.3, -0.25) is 9.59 Å². The van der Waals surface area contributed by atoms with Gasteiger partial charge in [0.15, 0.2) is 13.2 Å². The van der Waals surface area contributed by atoms with Crippen molar-refractivity contribution >= 4 is 23.2 Å². The van der Waals surface area contributed by atoms with Gasteiger partial charge < -0.3 is 24.8 Å². The Morgan fingerprint density at radius 3 is 1.54 bits per heavy atom. The molecule has 0 saturated heterocycles. The van der Waals surface area contributed by atoms with Crippen LogP contribution in [0.5, 0.6) is 23.0 Å². The molecule has 188 valence electrons. The van der Waals surface area contributed by atoms with Gasteiger partial charge in [-0.25, -0.2) is 0 Å². The first-order valence-corrected chi connectivity index (χ1v) is 11.8. The van der Waals surface area contributed by atoms with Crippen LogP contribution in [0.4, 0.5) is 11.4 Å². The summed E-state index contributed by atoms with van der Waals surface area (Å²) < 4.78 is 17.2. The highest BCUT2D eigenvalue weighted by molar-refractivity contribution is 5.95. The van der Waals surface area contributed by atoms with Crippen molar-refractivity contribution in [2.75, 3.05) is 23.8 Å². The van der Waals surface area contributed by atoms with Crippen molar-refractivity contribution in [2.24, 2.45) is 0 Å². The van der Waals surface area contributed by atoms with Crippen molar-refractivity contribution in [3.8, 4) is 23.0 Å². The first kappa shape index (κ1) is 25.3. The maximum Gasteiger partial charge on any atom is 0.262 e. The number of carbonyl (C=O) groups excluding carboxylic acids is 2. The highest BCUT2D eigenvalue weighted by Gasteiger charge is 2.11. The summed E-state index contributed by atoms with van der Waals surface area (Å²) in [6, 6.07) is 29.2. The molecule has 4 rings (SSSR count). The Morgan fingerprint density at radius 1 is 0.595 bits per heavy atom. The number of aryl methyl sites for hydroxylation is 2. The molecule has 0 aliphatic rings. The van der Waals surface area contributed by atoms with E-state index in [0.717, 1.165) is 11.1 Å². The molecular formula is C30H28N2O5. The fourth-order valence-corrected chi connectivity index (χ4v) is 3.54. The van der Waals surface area contributed by atoms with Crippen LogP contribution in [0, 0.1) is 13.8 Å². The van der Waals surface area contributed by atoms with Crippen LogP contribution in [-0.2, 0) is 9.59 Å². The van der Waals surface area contributed by atoms with Gasteiger partial charge in [0.1, 0.15) is 23.0 Å². The van der Waals surface area contributed by atoms with Crippen molar-refractivity contribution in [1.29, 1.82) is 0 Å². The first-order chi connectivity index (χ1) is 18.0. The molecule has 4 aromatic rings. The number of amides is 2. The van der Waals surface area contributed by atoms with Gasteiger partial charge in [-0.2, -0.15) is 0 Å². The van der Waals surface area contributed by atoms with Crippen molar-refractivity contribution < 1.29 is 23.8 Å². The monoisotopic (exact) mass is 496 g/mol. The number of para-hydroxylation sites is 3. The predicted molar refractivity (Wildman–Crippen MR) is 144 cm³/mol. The van der Waals surface area contributed by atoms with E-state index in [4.69, 9.17) is 14.2 Å². The van der Waals surface area contributed by atoms with E-state index in [9.17, 15) is 9.59 Å². The van der Waals surface area contributed by atoms with Gasteiger partial charge in [-0.1, -0.05) is 54.6 Å². The number of carbonyl (C=O) groups is 2. The third kappa shape index (κ3) is 7.60. The van der Waals surface area contributed by atoms with Gasteiger partial charge in [0, 0.05) is 23.5 Å². The van der Waals surface area contributed by atoms with Gasteiger partial charge in [0.25, 0.3) is 11.8 Å². The number of hydrogen-bond acceptors (Lipinski definition) is 5. The summed E-state index contributed by atoms with van der Waals surface area (Å²) in [5.74, 6) is 1.65. The topological polar surface area (TPSA) is 85.9 Å². The molecule has 0 bridgehead atoms. The van der Waals surface area contributed by atoms with Gasteiger partial charge in [0.2, 0.25) is 0 Å². The Kier molecular flexibility index (Phi) is 8.39. The van der Waals surface area contributed by atoms with E-state index < -0.39 is 0 Å². The summed E-state index contributed by atoms with van der Waals surface area (Å²) in [5.41, 5.74) is 2.77. The Bertz CT molecular complexity index is 1290. The van der Waals surface area contributed by atoms with Gasteiger partial charge >= 0.3 is 0 Å². The smallest absolute Gasteiger partial charge is 0.262 e. The van der Waals surface area contributed by atoms with Crippen LogP contribution in [0.2, 0.25) is 0 Å². The average Bonchev–Trinajstić information content (AvgIpc) is 2.88. The predicted octanol–water partition coefficient (Wildman–Crippen LogP) is 6.13. The third-order valence-electron chi connectivity index (χ3n) is 5.36. The summed E-state index contributed by atoms with van der Waals surface area (Å²) >= 11 is 0. The van der Waals surface area contributed by atoms with E-state index in [2.05, 4.69) is 10.6 Å². The molecule has 4 aromatic carbocycles. The summed E-state index contributed by atoms with van der Waals surface area (Å²) in [6.07, 6.45) is 0. The van der Waals surface area contributed by atoms with E-state index in [-0.39, 0.29) is 25.0 Å². The fourth-order valence-electron chi connectivity index (χ4n) is 3.54. The second-order valence-corrected chi connectivity index (χ2v) is 8.37. The summed E-state index contributed by atoms with van der Waals surface area (Å²) in [4.78, 5) is 25.2. The quantitative estimate of drug-likeness (QED) is 0.276. The highest BCUT2D eigenvalue weighted by atomic mass is 16.5. The molecule has 0 spiro atoms. The van der Waals surface area contributed by atoms with Crippen LogP contribution < -0.4 is 24.8 Å². The summed E-state index contributed by atoms with van der Waals surface area (Å²) in [5, 5.41) is 5.62. The molecule has 2 N–H and O–H groups in total. The lowest BCUT2D eigenvalue weighted by atomic mass is 10.2. The maximum atomic E-state index is 12.6. The largest absolute Gasteiger partial charge is 0.483 e. The lowest BCUT2D eigenvalue weighted by Gasteiger charge is -2.14. The molecule has 0 atom stereocenters. The Hall–Kier alpha value is -4.78. The third-order valence-corrected chi connectivity index (χ3v) is 5.36. The van der Waals surface area contributed by atoms with Gasteiger partial charge in [-0.05, 0) is 55.3 Å². The Balaban J connectivity index is 1.45. The number of anilines is 2. The van der Waals surface area contributed by atoms with E-state index in [1.165, 1.54) is 0 Å². The zero-order valence-electron chi connectivity index (χ0n) is 20.7. The highest BCUT2D eigenvalue weighted by Crippen LogP contribution is 2.29. The second kappa shape index (κ2) is 12.3. The first-order valence-electron chi connectivity index (χ1n) is 11.8. The zero-order chi connectivity index (χ0) is 26.0. The van der Waals surface area contributed by atoms with E-state index in [0.29, 0.717) is 34.4 Å². The Morgan fingerprint density at radius 2 is 1.05 bits per heavy atom. The molecule has 0 unspecified atom stereocenters. The molecule has 0 fully saturated rings. The lowest BCUT2D eigenvalue weighted by Crippen LogP contribution is -2.22. The minimum Gasteiger partial charge on any atom is -0.483 e. The van der Waals surface area contributed by atoms with Crippen LogP contribution in [0.1, 0.15) is 11.1 Å². The molecule has 2 amide bonds. The maximum absolute atomic E-state index is 12.6. The van der Waals surface area contributed by atoms with Crippen molar-refractivity contribution in [3.63, 3.8) is 0 Å². The van der Waals surface area contributed by atoms with E-state index >= 15 is 0 Å². The number of rotatable bonds is 10. The normalized spacial score (nSPS) is 10.3. The van der Waals surface area contributed by atoms with Crippen LogP contribution in [0.3, 0.4) is 0 Å². The van der Waals surface area contributed by atoms with Gasteiger partial charge in [0.05, 0.1) is 0 Å². The number of benzene rings is 4. The lowest BCUT2D eigenvalue weighted by molar-refractivity contribution is -0.118. The molecule has 0 saturated carbocycles. The van der Waals surface area contributed by atoms with Crippen LogP contribution in [0.15, 0.2) is 97.1 Å². The minimum absolute atomic E-state index is 0.166. The van der Waals surface area contributed by atoms with Crippen LogP contribution in [-0.4, -0.2) is 25.0 Å². The van der Waals surface area contributed by atoms with Crippen LogP contribution >= 0.6 is 0 Å². The Labute approximate surface area is 216 Å². The number of hydrogen-bond donors (Lipinski definition) is 2. The molecule has 0 aromatic heterocycles. The van der Waals surface area contributed by atoms with E-state index in [1.807, 2.05) is 92.7 Å². The molecule has 7 nitrogen and oxygen atoms in total. The standard InChI is InChI=1S/C30H28N2O5/c1-21-10-6-8-14-27(21)35-19-29(33)31-23-16-24(18-26(17-23)37-25-12-4-3-5-13-25)32-30(34)20-36-28-15-9-7-11-22(28)2/h3-18H,19-20H2,1-2H3,(H,31,33)(H,32,34). The van der Waals surface area contributed by atoms with Crippen molar-refractivity contribution in [1.82, 2.24) is 0 Å². The molecule has 7 heteroatoms. The minimum atomic E-state index is -0.347. The summed E-state index contributed by atoms with van der Waals surface area (Å²) in [6.45, 7) is 3.49. The molecule has 0 radical (unpaired) electrons.